The quantitative estimate of drug-likeness (QED) is 0.0770. The highest BCUT2D eigenvalue weighted by Crippen LogP contribution is 2.56. The molecule has 16 nitrogen and oxygen atoms in total. The minimum absolute atomic E-state index is 0.0237. The monoisotopic (exact) mass is 736 g/mol. The lowest BCUT2D eigenvalue weighted by molar-refractivity contribution is 0.366. The van der Waals surface area contributed by atoms with Crippen molar-refractivity contribution in [2.24, 2.45) is 0 Å². The zero-order valence-corrected chi connectivity index (χ0v) is 26.9. The molecule has 44 heavy (non-hydrogen) atoms. The fourth-order valence-electron chi connectivity index (χ4n) is 4.09. The first-order valence-corrected chi connectivity index (χ1v) is 20.9. The minimum atomic E-state index is -4.92. The van der Waals surface area contributed by atoms with E-state index in [9.17, 15) is 47.3 Å². The van der Waals surface area contributed by atoms with E-state index in [2.05, 4.69) is 0 Å². The molecule has 0 unspecified atom stereocenters. The molecule has 22 heteroatoms. The summed E-state index contributed by atoms with van der Waals surface area (Å²) in [5.41, 5.74) is 0. The summed E-state index contributed by atoms with van der Waals surface area (Å²) in [7, 11) is -25.8. The average Bonchev–Trinajstić information content (AvgIpc) is 2.86. The molecule has 0 radical (unpaired) electrons. The van der Waals surface area contributed by atoms with Crippen LogP contribution in [0.5, 0.6) is 0 Å². The molecule has 0 saturated heterocycles. The molecule has 3 aromatic rings. The number of hydrogen-bond donors (Lipinski definition) is 5. The molecule has 0 fully saturated rings. The van der Waals surface area contributed by atoms with E-state index in [-0.39, 0.29) is 19.0 Å². The van der Waals surface area contributed by atoms with Crippen LogP contribution in [0.2, 0.25) is 0 Å². The van der Waals surface area contributed by atoms with Gasteiger partial charge < -0.3 is 4.55 Å². The maximum atomic E-state index is 11.6. The highest BCUT2D eigenvalue weighted by Gasteiger charge is 2.45. The summed E-state index contributed by atoms with van der Waals surface area (Å²) in [5, 5.41) is 1.50. The zero-order valence-electron chi connectivity index (χ0n) is 22.0. The normalized spacial score (nSPS) is 13.1. The molecule has 0 aliphatic carbocycles. The molecule has 244 valence electrons. The molecule has 0 spiro atoms. The smallest absolute Gasteiger partial charge is 0.294 e. The highest BCUT2D eigenvalue weighted by atomic mass is 32.3. The van der Waals surface area contributed by atoms with Gasteiger partial charge in [-0.2, -0.15) is 33.7 Å². The second-order valence-electron chi connectivity index (χ2n) is 8.86. The molecule has 3 rings (SSSR count). The third-order valence-corrected chi connectivity index (χ3v) is 13.8. The van der Waals surface area contributed by atoms with E-state index in [0.717, 1.165) is 36.4 Å². The van der Waals surface area contributed by atoms with Crippen molar-refractivity contribution in [1.29, 1.82) is 0 Å². The summed E-state index contributed by atoms with van der Waals surface area (Å²) in [6.07, 6.45) is 0.424. The van der Waals surface area contributed by atoms with Crippen LogP contribution in [0.15, 0.2) is 87.5 Å². The van der Waals surface area contributed by atoms with Gasteiger partial charge in [-0.3, -0.25) is 22.8 Å². The van der Waals surface area contributed by atoms with Crippen molar-refractivity contribution in [2.45, 2.75) is 27.5 Å². The summed E-state index contributed by atoms with van der Waals surface area (Å²) in [6, 6.07) is 15.4. The van der Waals surface area contributed by atoms with E-state index in [4.69, 9.17) is 22.1 Å². The molecule has 0 atom stereocenters. The van der Waals surface area contributed by atoms with Gasteiger partial charge in [0.05, 0.1) is 26.6 Å². The lowest BCUT2D eigenvalue weighted by Gasteiger charge is -2.28. The van der Waals surface area contributed by atoms with Crippen LogP contribution in [-0.4, -0.2) is 81.3 Å². The number of unbranched alkanes of at least 4 members (excludes halogenated alkanes) is 1. The summed E-state index contributed by atoms with van der Waals surface area (Å²) >= 11 is 0. The van der Waals surface area contributed by atoms with Gasteiger partial charge in [0, 0.05) is 0 Å². The standard InChI is InChI=1S/C22H23O12PS4.H2O4S/c23-36(24,25)16-2-1-15-35(17-3-9-20(10-4-17)37(26,27)28,18-5-11-21(12-6-18)38(29,30)31)19-7-13-22(14-8-19)39(32,33)34;1-5(2,3)4/h3-14H,1-2,15-16H2,(H3-,23,24,25,26,27,28,29,30,31,32,33,34);(H2,1,2,3,4). The largest absolute Gasteiger partial charge is 0.726 e. The van der Waals surface area contributed by atoms with Gasteiger partial charge in [-0.15, -0.1) is 0 Å². The molecular formula is C22H25O16PS5. The molecule has 0 aliphatic heterocycles. The first kappa shape index (κ1) is 37.8. The van der Waals surface area contributed by atoms with Crippen LogP contribution in [0.4, 0.5) is 0 Å². The van der Waals surface area contributed by atoms with Crippen LogP contribution in [0.1, 0.15) is 12.8 Å². The van der Waals surface area contributed by atoms with Crippen molar-refractivity contribution in [3.8, 4) is 0 Å². The second kappa shape index (κ2) is 13.9. The van der Waals surface area contributed by atoms with Crippen molar-refractivity contribution < 1.29 is 69.4 Å². The Kier molecular flexibility index (Phi) is 12.0. The summed E-state index contributed by atoms with van der Waals surface area (Å²) in [5.74, 6) is -0.544. The first-order chi connectivity index (χ1) is 19.8. The van der Waals surface area contributed by atoms with Gasteiger partial charge >= 0.3 is 0 Å². The maximum absolute atomic E-state index is 11.6. The third kappa shape index (κ3) is 11.2. The van der Waals surface area contributed by atoms with Crippen LogP contribution in [-0.2, 0) is 50.9 Å². The van der Waals surface area contributed by atoms with Crippen LogP contribution in [0.25, 0.3) is 0 Å². The van der Waals surface area contributed by atoms with Crippen LogP contribution in [0.3, 0.4) is 0 Å². The molecule has 3 aromatic carbocycles. The predicted molar refractivity (Wildman–Crippen MR) is 157 cm³/mol. The highest BCUT2D eigenvalue weighted by molar-refractivity contribution is 7.95. The summed E-state index contributed by atoms with van der Waals surface area (Å²) < 4.78 is 163. The number of hydrogen-bond acceptors (Lipinski definition) is 11. The molecule has 0 heterocycles. The second-order valence-corrected chi connectivity index (χ2v) is 19.2. The fraction of sp³-hybridized carbons (Fsp3) is 0.182. The van der Waals surface area contributed by atoms with Crippen molar-refractivity contribution >= 4 is 74.0 Å². The van der Waals surface area contributed by atoms with Gasteiger partial charge in [0.25, 0.3) is 40.5 Å². The summed E-state index contributed by atoms with van der Waals surface area (Å²) in [6.45, 7) is 0. The van der Waals surface area contributed by atoms with E-state index in [1.807, 2.05) is 0 Å². The number of rotatable bonds is 11. The van der Waals surface area contributed by atoms with Gasteiger partial charge in [0.15, 0.2) is 0 Å². The van der Waals surface area contributed by atoms with Gasteiger partial charge in [0.1, 0.15) is 23.2 Å². The Labute approximate surface area is 254 Å². The Morgan fingerprint density at radius 1 is 0.477 bits per heavy atom. The van der Waals surface area contributed by atoms with Crippen molar-refractivity contribution in [3.63, 3.8) is 0 Å². The Balaban J connectivity index is 0.00000125. The van der Waals surface area contributed by atoms with Gasteiger partial charge in [-0.25, -0.2) is 8.42 Å². The Hall–Kier alpha value is -2.40. The lowest BCUT2D eigenvalue weighted by Crippen LogP contribution is -2.34. The average molecular weight is 737 g/mol. The SMILES string of the molecule is O=S(=O)(O)CCCC[P+](c1ccc(S(=O)(=O)O)cc1)(c1ccc(S(=O)(=O)O)cc1)c1ccc(S(=O)(=O)O)cc1.O=S(=O)([O-])O. The van der Waals surface area contributed by atoms with E-state index < -0.39 is 78.6 Å². The topological polar surface area (TPSA) is 295 Å². The molecule has 5 N–H and O–H groups in total. The van der Waals surface area contributed by atoms with Crippen molar-refractivity contribution in [2.75, 3.05) is 11.9 Å². The maximum Gasteiger partial charge on any atom is 0.294 e. The van der Waals surface area contributed by atoms with Crippen LogP contribution >= 0.6 is 7.26 Å². The molecule has 0 amide bonds. The Morgan fingerprint density at radius 3 is 0.932 bits per heavy atom. The van der Waals surface area contributed by atoms with Crippen molar-refractivity contribution in [3.05, 3.63) is 72.8 Å². The fourth-order valence-corrected chi connectivity index (χ4v) is 10.4. The molecule has 0 saturated carbocycles. The van der Waals surface area contributed by atoms with Gasteiger partial charge in [0.2, 0.25) is 10.4 Å². The minimum Gasteiger partial charge on any atom is -0.726 e. The zero-order chi connectivity index (χ0) is 33.8. The van der Waals surface area contributed by atoms with E-state index in [1.54, 1.807) is 0 Å². The van der Waals surface area contributed by atoms with Crippen molar-refractivity contribution in [1.82, 2.24) is 0 Å². The van der Waals surface area contributed by atoms with Crippen LogP contribution in [0, 0.1) is 0 Å². The summed E-state index contributed by atoms with van der Waals surface area (Å²) in [4.78, 5) is -1.21. The molecule has 0 bridgehead atoms. The van der Waals surface area contributed by atoms with Gasteiger partial charge in [-0.05, 0) is 85.6 Å². The third-order valence-electron chi connectivity index (χ3n) is 5.87. The van der Waals surface area contributed by atoms with E-state index >= 15 is 0 Å². The predicted octanol–water partition coefficient (Wildman–Crippen LogP) is 0.393. The first-order valence-electron chi connectivity index (χ1n) is 11.6. The van der Waals surface area contributed by atoms with Gasteiger partial charge in [-0.1, -0.05) is 0 Å². The van der Waals surface area contributed by atoms with E-state index in [0.29, 0.717) is 15.9 Å². The Morgan fingerprint density at radius 2 is 0.727 bits per heavy atom. The van der Waals surface area contributed by atoms with Crippen LogP contribution < -0.4 is 15.9 Å². The Bertz CT molecular complexity index is 1820. The molecule has 0 aliphatic rings. The van der Waals surface area contributed by atoms with E-state index in [1.165, 1.54) is 36.4 Å². The molecule has 0 aromatic heterocycles. The number of benzene rings is 3. The lowest BCUT2D eigenvalue weighted by atomic mass is 10.3. The molecular weight excluding hydrogens is 712 g/mol.